The molecule has 11 heteroatoms. The first-order chi connectivity index (χ1) is 18.5. The highest BCUT2D eigenvalue weighted by Gasteiger charge is 2.35. The Morgan fingerprint density at radius 3 is 2.38 bits per heavy atom. The first kappa shape index (κ1) is 30.6. The van der Waals surface area contributed by atoms with Crippen molar-refractivity contribution in [2.24, 2.45) is 11.7 Å². The molecule has 8 nitrogen and oxygen atoms in total. The summed E-state index contributed by atoms with van der Waals surface area (Å²) in [5, 5.41) is 2.90. The van der Waals surface area contributed by atoms with Crippen molar-refractivity contribution in [3.05, 3.63) is 65.2 Å². The maximum atomic E-state index is 13.8. The molecule has 0 aromatic heterocycles. The van der Waals surface area contributed by atoms with Gasteiger partial charge in [0.25, 0.3) is 0 Å². The number of likely N-dealkylation sites (tertiary alicyclic amines) is 1. The molecular formula is C28H38F2N4O4S. The summed E-state index contributed by atoms with van der Waals surface area (Å²) >= 11 is 0. The Morgan fingerprint density at radius 2 is 1.77 bits per heavy atom. The van der Waals surface area contributed by atoms with E-state index in [-0.39, 0.29) is 42.5 Å². The fourth-order valence-corrected chi connectivity index (χ4v) is 5.79. The van der Waals surface area contributed by atoms with E-state index in [1.165, 1.54) is 24.3 Å². The van der Waals surface area contributed by atoms with Gasteiger partial charge in [-0.05, 0) is 61.1 Å². The number of aryl methyl sites for hydroxylation is 1. The summed E-state index contributed by atoms with van der Waals surface area (Å²) in [5.74, 6) is -2.44. The Hall–Kier alpha value is -2.89. The van der Waals surface area contributed by atoms with Crippen LogP contribution in [0.4, 0.5) is 8.78 Å². The predicted molar refractivity (Wildman–Crippen MR) is 145 cm³/mol. The molecule has 1 saturated heterocycles. The van der Waals surface area contributed by atoms with Crippen LogP contribution in [0.1, 0.15) is 50.7 Å². The molecule has 1 aliphatic heterocycles. The fourth-order valence-electron chi connectivity index (χ4n) is 4.69. The molecule has 2 unspecified atom stereocenters. The Kier molecular flexibility index (Phi) is 11.0. The molecule has 2 aromatic carbocycles. The first-order valence-electron chi connectivity index (χ1n) is 13.4. The lowest BCUT2D eigenvalue weighted by molar-refractivity contribution is -0.129. The third kappa shape index (κ3) is 9.08. The molecule has 3 atom stereocenters. The number of amides is 2. The normalized spacial score (nSPS) is 17.3. The van der Waals surface area contributed by atoms with Gasteiger partial charge >= 0.3 is 0 Å². The summed E-state index contributed by atoms with van der Waals surface area (Å²) in [4.78, 5) is 27.2. The van der Waals surface area contributed by atoms with Crippen molar-refractivity contribution in [2.45, 2.75) is 69.4 Å². The van der Waals surface area contributed by atoms with E-state index in [1.54, 1.807) is 17.0 Å². The molecule has 1 aliphatic rings. The number of sulfonamides is 1. The van der Waals surface area contributed by atoms with Crippen molar-refractivity contribution >= 4 is 21.8 Å². The summed E-state index contributed by atoms with van der Waals surface area (Å²) in [6.07, 6.45) is 2.88. The average molecular weight is 565 g/mol. The maximum absolute atomic E-state index is 13.8. The first-order valence-corrected chi connectivity index (χ1v) is 14.9. The van der Waals surface area contributed by atoms with Gasteiger partial charge in [-0.2, -0.15) is 0 Å². The molecule has 2 amide bonds. The molecule has 1 heterocycles. The molecule has 4 N–H and O–H groups in total. The van der Waals surface area contributed by atoms with Gasteiger partial charge in [0.05, 0.1) is 10.8 Å². The zero-order valence-corrected chi connectivity index (χ0v) is 23.3. The zero-order chi connectivity index (χ0) is 28.6. The van der Waals surface area contributed by atoms with E-state index in [0.717, 1.165) is 30.9 Å². The molecule has 3 rings (SSSR count). The van der Waals surface area contributed by atoms with Crippen molar-refractivity contribution in [3.8, 4) is 0 Å². The van der Waals surface area contributed by atoms with Crippen molar-refractivity contribution in [1.29, 1.82) is 0 Å². The standard InChI is InChI=1S/C28H38F2N4O4S/c1-3-5-10-34-18-21(14-27(34)35)28(36)33-25(13-20-11-22(29)15-23(30)12-20)16-24(31)17-32-39(37,38)26-8-6-19(4-2)7-9-26/h6-9,11-12,15,21,24-25,32H,3-5,10,13-14,16-18,31H2,1-2H3,(H,33,36)/t21?,24-,25?/m0/s1. The number of nitrogens with zero attached hydrogens (tertiary/aromatic N) is 1. The Bertz CT molecular complexity index is 1220. The third-order valence-electron chi connectivity index (χ3n) is 6.88. The van der Waals surface area contributed by atoms with Crippen molar-refractivity contribution in [1.82, 2.24) is 14.9 Å². The second kappa shape index (κ2) is 14.0. The lowest BCUT2D eigenvalue weighted by Crippen LogP contribution is -2.46. The zero-order valence-electron chi connectivity index (χ0n) is 22.5. The fraction of sp³-hybridized carbons (Fsp3) is 0.500. The number of carbonyl (C=O) groups excluding carboxylic acids is 2. The SMILES string of the molecule is CCCCN1CC(C(=O)NC(Cc2cc(F)cc(F)c2)C[C@H](N)CNS(=O)(=O)c2ccc(CC)cc2)CC1=O. The quantitative estimate of drug-likeness (QED) is 0.326. The number of benzene rings is 2. The number of nitrogens with two attached hydrogens (primary N) is 1. The van der Waals surface area contributed by atoms with Gasteiger partial charge in [-0.25, -0.2) is 21.9 Å². The van der Waals surface area contributed by atoms with Crippen LogP contribution in [0.5, 0.6) is 0 Å². The molecule has 214 valence electrons. The Balaban J connectivity index is 1.67. The van der Waals surface area contributed by atoms with Crippen molar-refractivity contribution in [2.75, 3.05) is 19.6 Å². The highest BCUT2D eigenvalue weighted by molar-refractivity contribution is 7.89. The molecule has 39 heavy (non-hydrogen) atoms. The maximum Gasteiger partial charge on any atom is 0.240 e. The third-order valence-corrected chi connectivity index (χ3v) is 8.32. The molecule has 1 fully saturated rings. The van der Waals surface area contributed by atoms with Crippen LogP contribution in [0.2, 0.25) is 0 Å². The van der Waals surface area contributed by atoms with Crippen LogP contribution >= 0.6 is 0 Å². The van der Waals surface area contributed by atoms with Gasteiger partial charge in [0.2, 0.25) is 21.8 Å². The molecule has 2 aromatic rings. The van der Waals surface area contributed by atoms with Crippen LogP contribution in [-0.2, 0) is 32.5 Å². The van der Waals surface area contributed by atoms with Gasteiger partial charge in [-0.15, -0.1) is 0 Å². The van der Waals surface area contributed by atoms with Crippen LogP contribution < -0.4 is 15.8 Å². The second-order valence-corrected chi connectivity index (χ2v) is 11.9. The number of unbranched alkanes of at least 4 members (excludes halogenated alkanes) is 1. The highest BCUT2D eigenvalue weighted by atomic mass is 32.2. The largest absolute Gasteiger partial charge is 0.353 e. The number of halogens is 2. The molecule has 0 saturated carbocycles. The number of nitrogens with one attached hydrogen (secondary N) is 2. The van der Waals surface area contributed by atoms with Crippen LogP contribution in [0, 0.1) is 17.6 Å². The Morgan fingerprint density at radius 1 is 1.10 bits per heavy atom. The lowest BCUT2D eigenvalue weighted by Gasteiger charge is -2.24. The topological polar surface area (TPSA) is 122 Å². The summed E-state index contributed by atoms with van der Waals surface area (Å²) < 4.78 is 55.6. The minimum Gasteiger partial charge on any atom is -0.353 e. The van der Waals surface area contributed by atoms with E-state index in [1.807, 2.05) is 13.8 Å². The van der Waals surface area contributed by atoms with E-state index in [9.17, 15) is 26.8 Å². The van der Waals surface area contributed by atoms with E-state index in [4.69, 9.17) is 5.73 Å². The summed E-state index contributed by atoms with van der Waals surface area (Å²) in [5.41, 5.74) is 7.60. The van der Waals surface area contributed by atoms with Crippen molar-refractivity contribution in [3.63, 3.8) is 0 Å². The van der Waals surface area contributed by atoms with Crippen LogP contribution in [0.3, 0.4) is 0 Å². The van der Waals surface area contributed by atoms with E-state index in [0.29, 0.717) is 18.7 Å². The molecule has 0 aliphatic carbocycles. The van der Waals surface area contributed by atoms with E-state index < -0.39 is 39.7 Å². The average Bonchev–Trinajstić information content (AvgIpc) is 3.26. The van der Waals surface area contributed by atoms with Gasteiger partial charge in [-0.3, -0.25) is 9.59 Å². The smallest absolute Gasteiger partial charge is 0.240 e. The number of hydrogen-bond acceptors (Lipinski definition) is 5. The molecule has 0 spiro atoms. The summed E-state index contributed by atoms with van der Waals surface area (Å²) in [6, 6.07) is 8.34. The highest BCUT2D eigenvalue weighted by Crippen LogP contribution is 2.20. The minimum atomic E-state index is -3.80. The second-order valence-electron chi connectivity index (χ2n) is 10.1. The van der Waals surface area contributed by atoms with Gasteiger partial charge in [-0.1, -0.05) is 32.4 Å². The van der Waals surface area contributed by atoms with Gasteiger partial charge < -0.3 is 16.0 Å². The van der Waals surface area contributed by atoms with Crippen LogP contribution in [0.25, 0.3) is 0 Å². The van der Waals surface area contributed by atoms with E-state index >= 15 is 0 Å². The predicted octanol–water partition coefficient (Wildman–Crippen LogP) is 2.90. The minimum absolute atomic E-state index is 0.0783. The van der Waals surface area contributed by atoms with E-state index in [2.05, 4.69) is 10.0 Å². The number of hydrogen-bond donors (Lipinski definition) is 3. The number of carbonyl (C=O) groups is 2. The van der Waals surface area contributed by atoms with Crippen LogP contribution in [-0.4, -0.2) is 56.9 Å². The van der Waals surface area contributed by atoms with Crippen molar-refractivity contribution < 1.29 is 26.8 Å². The van der Waals surface area contributed by atoms with Gasteiger partial charge in [0.15, 0.2) is 0 Å². The Labute approximate surface area is 229 Å². The molecule has 0 bridgehead atoms. The summed E-state index contributed by atoms with van der Waals surface area (Å²) in [6.45, 7) is 4.80. The number of rotatable bonds is 14. The molecule has 0 radical (unpaired) electrons. The van der Waals surface area contributed by atoms with Crippen LogP contribution in [0.15, 0.2) is 47.4 Å². The molecular weight excluding hydrogens is 526 g/mol. The summed E-state index contributed by atoms with van der Waals surface area (Å²) in [7, 11) is -3.80. The van der Waals surface area contributed by atoms with Gasteiger partial charge in [0.1, 0.15) is 11.6 Å². The lowest BCUT2D eigenvalue weighted by atomic mass is 9.98. The monoisotopic (exact) mass is 564 g/mol. The van der Waals surface area contributed by atoms with Gasteiger partial charge in [0, 0.05) is 44.2 Å².